The van der Waals surface area contributed by atoms with Gasteiger partial charge in [-0.1, -0.05) is 23.7 Å². The molecule has 24 heavy (non-hydrogen) atoms. The van der Waals surface area contributed by atoms with Crippen molar-refractivity contribution in [2.24, 2.45) is 0 Å². The molecule has 0 spiro atoms. The smallest absolute Gasteiger partial charge is 0.269 e. The SMILES string of the molecule is O=C(NCCc1ccc(Cl)cc1)c1cncn1-c1ccc(F)cc1. The summed E-state index contributed by atoms with van der Waals surface area (Å²) in [5.41, 5.74) is 2.17. The number of carbonyl (C=O) groups excluding carboxylic acids is 1. The lowest BCUT2D eigenvalue weighted by molar-refractivity contribution is 0.0947. The second-order valence-electron chi connectivity index (χ2n) is 5.26. The van der Waals surface area contributed by atoms with Crippen molar-refractivity contribution >= 4 is 17.5 Å². The van der Waals surface area contributed by atoms with Crippen molar-refractivity contribution in [3.63, 3.8) is 0 Å². The lowest BCUT2D eigenvalue weighted by atomic mass is 10.1. The Morgan fingerprint density at radius 3 is 2.54 bits per heavy atom. The summed E-state index contributed by atoms with van der Waals surface area (Å²) in [4.78, 5) is 16.4. The van der Waals surface area contributed by atoms with Crippen molar-refractivity contribution in [1.29, 1.82) is 0 Å². The summed E-state index contributed by atoms with van der Waals surface area (Å²) in [6, 6.07) is 13.4. The standard InChI is InChI=1S/C18H15ClFN3O/c19-14-3-1-13(2-4-14)9-10-22-18(24)17-11-21-12-23(17)16-7-5-15(20)6-8-16/h1-8,11-12H,9-10H2,(H,22,24). The van der Waals surface area contributed by atoms with Crippen LogP contribution in [0, 0.1) is 5.82 Å². The predicted octanol–water partition coefficient (Wildman–Crippen LogP) is 3.64. The van der Waals surface area contributed by atoms with Crippen LogP contribution in [0.2, 0.25) is 5.02 Å². The van der Waals surface area contributed by atoms with Crippen molar-refractivity contribution in [2.75, 3.05) is 6.54 Å². The van der Waals surface area contributed by atoms with E-state index in [1.165, 1.54) is 24.7 Å². The van der Waals surface area contributed by atoms with Gasteiger partial charge in [-0.15, -0.1) is 0 Å². The third-order valence-electron chi connectivity index (χ3n) is 3.59. The van der Waals surface area contributed by atoms with Gasteiger partial charge in [0.2, 0.25) is 0 Å². The molecular formula is C18H15ClFN3O. The normalized spacial score (nSPS) is 10.6. The number of nitrogens with one attached hydrogen (secondary N) is 1. The average Bonchev–Trinajstić information content (AvgIpc) is 3.07. The van der Waals surface area contributed by atoms with E-state index in [0.29, 0.717) is 29.4 Å². The summed E-state index contributed by atoms with van der Waals surface area (Å²) in [5, 5.41) is 3.55. The van der Waals surface area contributed by atoms with Crippen molar-refractivity contribution in [2.45, 2.75) is 6.42 Å². The third kappa shape index (κ3) is 3.81. The van der Waals surface area contributed by atoms with E-state index in [0.717, 1.165) is 5.56 Å². The molecule has 0 atom stereocenters. The lowest BCUT2D eigenvalue weighted by Gasteiger charge is -2.09. The van der Waals surface area contributed by atoms with Gasteiger partial charge < -0.3 is 5.32 Å². The first-order valence-electron chi connectivity index (χ1n) is 7.44. The summed E-state index contributed by atoms with van der Waals surface area (Å²) in [5.74, 6) is -0.557. The number of amides is 1. The number of nitrogens with zero attached hydrogens (tertiary/aromatic N) is 2. The Bertz CT molecular complexity index is 828. The Hall–Kier alpha value is -2.66. The van der Waals surface area contributed by atoms with Gasteiger partial charge in [0.05, 0.1) is 12.5 Å². The highest BCUT2D eigenvalue weighted by Gasteiger charge is 2.12. The first kappa shape index (κ1) is 16.2. The second-order valence-corrected chi connectivity index (χ2v) is 5.69. The van der Waals surface area contributed by atoms with E-state index in [9.17, 15) is 9.18 Å². The molecule has 0 aliphatic heterocycles. The van der Waals surface area contributed by atoms with Crippen molar-refractivity contribution < 1.29 is 9.18 Å². The van der Waals surface area contributed by atoms with Gasteiger partial charge in [-0.05, 0) is 48.4 Å². The maximum absolute atomic E-state index is 13.0. The molecule has 0 unspecified atom stereocenters. The number of rotatable bonds is 5. The molecule has 1 heterocycles. The van der Waals surface area contributed by atoms with Crippen LogP contribution >= 0.6 is 11.6 Å². The Kier molecular flexibility index (Phi) is 4.91. The van der Waals surface area contributed by atoms with Crippen LogP contribution in [0.25, 0.3) is 5.69 Å². The molecule has 0 radical (unpaired) electrons. The first-order valence-corrected chi connectivity index (χ1v) is 7.82. The third-order valence-corrected chi connectivity index (χ3v) is 3.84. The van der Waals surface area contributed by atoms with Crippen LogP contribution in [-0.4, -0.2) is 22.0 Å². The van der Waals surface area contributed by atoms with Crippen molar-refractivity contribution in [3.8, 4) is 5.69 Å². The number of carbonyl (C=O) groups is 1. The molecule has 0 aliphatic carbocycles. The molecule has 122 valence electrons. The molecule has 3 aromatic rings. The minimum absolute atomic E-state index is 0.231. The van der Waals surface area contributed by atoms with E-state index < -0.39 is 0 Å². The number of benzene rings is 2. The lowest BCUT2D eigenvalue weighted by Crippen LogP contribution is -2.27. The van der Waals surface area contributed by atoms with Crippen LogP contribution in [0.4, 0.5) is 4.39 Å². The van der Waals surface area contributed by atoms with E-state index in [-0.39, 0.29) is 11.7 Å². The molecule has 0 fully saturated rings. The average molecular weight is 344 g/mol. The van der Waals surface area contributed by atoms with Crippen LogP contribution in [0.5, 0.6) is 0 Å². The molecule has 0 aliphatic rings. The van der Waals surface area contributed by atoms with Crippen LogP contribution in [0.1, 0.15) is 16.1 Å². The second kappa shape index (κ2) is 7.27. The quantitative estimate of drug-likeness (QED) is 0.769. The molecule has 2 aromatic carbocycles. The molecule has 6 heteroatoms. The van der Waals surface area contributed by atoms with Crippen molar-refractivity contribution in [1.82, 2.24) is 14.9 Å². The van der Waals surface area contributed by atoms with Gasteiger partial charge >= 0.3 is 0 Å². The maximum Gasteiger partial charge on any atom is 0.269 e. The number of aromatic nitrogens is 2. The van der Waals surface area contributed by atoms with Gasteiger partial charge in [0.25, 0.3) is 5.91 Å². The molecule has 4 nitrogen and oxygen atoms in total. The van der Waals surface area contributed by atoms with Crippen LogP contribution < -0.4 is 5.32 Å². The Labute approximate surface area is 143 Å². The minimum Gasteiger partial charge on any atom is -0.350 e. The van der Waals surface area contributed by atoms with Crippen LogP contribution in [-0.2, 0) is 6.42 Å². The molecule has 0 saturated carbocycles. The highest BCUT2D eigenvalue weighted by atomic mass is 35.5. The van der Waals surface area contributed by atoms with Gasteiger partial charge in [-0.2, -0.15) is 0 Å². The van der Waals surface area contributed by atoms with Gasteiger partial charge in [-0.3, -0.25) is 9.36 Å². The van der Waals surface area contributed by atoms with Crippen LogP contribution in [0.15, 0.2) is 61.1 Å². The van der Waals surface area contributed by atoms with Gasteiger partial charge in [-0.25, -0.2) is 9.37 Å². The molecule has 0 saturated heterocycles. The van der Waals surface area contributed by atoms with Crippen molar-refractivity contribution in [3.05, 3.63) is 83.2 Å². The Balaban J connectivity index is 1.64. The fraction of sp³-hybridized carbons (Fsp3) is 0.111. The largest absolute Gasteiger partial charge is 0.350 e. The minimum atomic E-state index is -0.326. The number of hydrogen-bond donors (Lipinski definition) is 1. The molecule has 1 N–H and O–H groups in total. The molecule has 0 bridgehead atoms. The number of imidazole rings is 1. The fourth-order valence-corrected chi connectivity index (χ4v) is 2.46. The maximum atomic E-state index is 13.0. The monoisotopic (exact) mass is 343 g/mol. The zero-order valence-electron chi connectivity index (χ0n) is 12.7. The molecular weight excluding hydrogens is 329 g/mol. The fourth-order valence-electron chi connectivity index (χ4n) is 2.33. The molecule has 3 rings (SSSR count). The Morgan fingerprint density at radius 2 is 1.83 bits per heavy atom. The van der Waals surface area contributed by atoms with Gasteiger partial charge in [0.1, 0.15) is 11.5 Å². The van der Waals surface area contributed by atoms with Gasteiger partial charge in [0.15, 0.2) is 0 Å². The summed E-state index contributed by atoms with van der Waals surface area (Å²) >= 11 is 5.85. The Morgan fingerprint density at radius 1 is 1.12 bits per heavy atom. The summed E-state index contributed by atoms with van der Waals surface area (Å²) in [6.07, 6.45) is 3.72. The summed E-state index contributed by atoms with van der Waals surface area (Å²) < 4.78 is 14.6. The number of hydrogen-bond acceptors (Lipinski definition) is 2. The molecule has 1 amide bonds. The zero-order valence-corrected chi connectivity index (χ0v) is 13.5. The van der Waals surface area contributed by atoms with E-state index in [1.54, 1.807) is 16.7 Å². The first-order chi connectivity index (χ1) is 11.6. The predicted molar refractivity (Wildman–Crippen MR) is 91.0 cm³/mol. The summed E-state index contributed by atoms with van der Waals surface area (Å²) in [7, 11) is 0. The van der Waals surface area contributed by atoms with Gasteiger partial charge in [0, 0.05) is 17.3 Å². The highest BCUT2D eigenvalue weighted by Crippen LogP contribution is 2.12. The molecule has 1 aromatic heterocycles. The van der Waals surface area contributed by atoms with E-state index in [2.05, 4.69) is 10.3 Å². The zero-order chi connectivity index (χ0) is 16.9. The highest BCUT2D eigenvalue weighted by molar-refractivity contribution is 6.30. The van der Waals surface area contributed by atoms with Crippen LogP contribution in [0.3, 0.4) is 0 Å². The topological polar surface area (TPSA) is 46.9 Å². The van der Waals surface area contributed by atoms with E-state index >= 15 is 0 Å². The summed E-state index contributed by atoms with van der Waals surface area (Å²) in [6.45, 7) is 0.495. The van der Waals surface area contributed by atoms with E-state index in [1.807, 2.05) is 24.3 Å². The van der Waals surface area contributed by atoms with E-state index in [4.69, 9.17) is 11.6 Å². The number of halogens is 2.